The average Bonchev–Trinajstić information content (AvgIpc) is 3.33. The Kier molecular flexibility index (Phi) is 19.8. The van der Waals surface area contributed by atoms with Crippen molar-refractivity contribution in [2.45, 2.75) is 25.7 Å². The topological polar surface area (TPSA) is 133 Å². The van der Waals surface area contributed by atoms with Crippen molar-refractivity contribution in [1.82, 2.24) is 19.6 Å². The summed E-state index contributed by atoms with van der Waals surface area (Å²) < 4.78 is 19.7. The molecule has 4 aromatic carbocycles. The number of amides is 4. The van der Waals surface area contributed by atoms with Crippen LogP contribution in [0.1, 0.15) is 45.7 Å². The van der Waals surface area contributed by atoms with Crippen LogP contribution in [0.5, 0.6) is 11.5 Å². The molecule has 1 N–H and O–H groups in total. The standard InChI is InChI=1S/C23H29N3O4.C14H21N3O2.C9H9BrO2/c1-4-24-13-15-25(16-14-24)23(28)26(20-9-11-21(29-2)12-10-20)17-18-5-7-19(8-6-18)22(27)30-3;1-3-16-8-10-17(11-9-16)14(18)15-12-4-6-13(19-2)7-5-12;1-12-9(11)8-4-2-7(6-10)3-5-8/h5-12H,4,13-17H2,1-3H3;4-7H,3,8-11H2,1-2H3,(H,15,18);2-5H,6H2,1H3. The smallest absolute Gasteiger partial charge is 0.337 e. The predicted octanol–water partition coefficient (Wildman–Crippen LogP) is 7.48. The van der Waals surface area contributed by atoms with Crippen molar-refractivity contribution in [1.29, 1.82) is 0 Å². The molecule has 0 aliphatic carbocycles. The summed E-state index contributed by atoms with van der Waals surface area (Å²) in [7, 11) is 5.98. The predicted molar refractivity (Wildman–Crippen MR) is 242 cm³/mol. The van der Waals surface area contributed by atoms with Crippen LogP contribution >= 0.6 is 15.9 Å². The summed E-state index contributed by atoms with van der Waals surface area (Å²) in [5.41, 5.74) is 4.74. The van der Waals surface area contributed by atoms with Crippen molar-refractivity contribution in [3.8, 4) is 11.5 Å². The van der Waals surface area contributed by atoms with E-state index in [1.54, 1.807) is 43.4 Å². The van der Waals surface area contributed by atoms with Gasteiger partial charge in [0.25, 0.3) is 0 Å². The Morgan fingerprint density at radius 2 is 1.00 bits per heavy atom. The number of nitrogens with zero attached hydrogens (tertiary/aromatic N) is 5. The SMILES string of the molecule is CCN1CCN(C(=O)N(Cc2ccc(C(=O)OC)cc2)c2ccc(OC)cc2)CC1.CCN1CCN(C(=O)Nc2ccc(OC)cc2)CC1.COC(=O)c1ccc(CBr)cc1. The van der Waals surface area contributed by atoms with E-state index in [1.807, 2.05) is 82.6 Å². The van der Waals surface area contributed by atoms with Crippen molar-refractivity contribution in [3.05, 3.63) is 119 Å². The van der Waals surface area contributed by atoms with E-state index >= 15 is 0 Å². The zero-order valence-corrected chi connectivity index (χ0v) is 37.7. The number of alkyl halides is 1. The number of benzene rings is 4. The van der Waals surface area contributed by atoms with Gasteiger partial charge in [-0.2, -0.15) is 0 Å². The van der Waals surface area contributed by atoms with E-state index in [-0.39, 0.29) is 24.0 Å². The van der Waals surface area contributed by atoms with Crippen molar-refractivity contribution < 1.29 is 38.1 Å². The van der Waals surface area contributed by atoms with E-state index in [9.17, 15) is 19.2 Å². The van der Waals surface area contributed by atoms with Gasteiger partial charge < -0.3 is 43.9 Å². The molecule has 0 atom stereocenters. The number of nitrogens with one attached hydrogen (secondary N) is 1. The fourth-order valence-corrected chi connectivity index (χ4v) is 6.87. The van der Waals surface area contributed by atoms with Crippen LogP contribution in [0, 0.1) is 0 Å². The summed E-state index contributed by atoms with van der Waals surface area (Å²) in [5.74, 6) is 0.856. The first kappa shape index (κ1) is 48.0. The molecule has 15 heteroatoms. The molecule has 4 aromatic rings. The number of hydrogen-bond donors (Lipinski definition) is 1. The molecule has 2 heterocycles. The first-order chi connectivity index (χ1) is 29.5. The van der Waals surface area contributed by atoms with Gasteiger partial charge in [-0.1, -0.05) is 54.0 Å². The fourth-order valence-electron chi connectivity index (χ4n) is 6.50. The van der Waals surface area contributed by atoms with Crippen LogP contribution in [-0.2, 0) is 21.3 Å². The highest BCUT2D eigenvalue weighted by atomic mass is 79.9. The summed E-state index contributed by atoms with van der Waals surface area (Å²) in [6.07, 6.45) is 0. The van der Waals surface area contributed by atoms with Crippen LogP contribution in [-0.4, -0.2) is 137 Å². The molecule has 2 aliphatic heterocycles. The van der Waals surface area contributed by atoms with Crippen LogP contribution in [0.15, 0.2) is 97.1 Å². The minimum Gasteiger partial charge on any atom is -0.497 e. The van der Waals surface area contributed by atoms with E-state index in [0.717, 1.165) is 91.7 Å². The molecule has 61 heavy (non-hydrogen) atoms. The zero-order valence-electron chi connectivity index (χ0n) is 36.1. The monoisotopic (exact) mass is 902 g/mol. The maximum Gasteiger partial charge on any atom is 0.337 e. The Morgan fingerprint density at radius 3 is 1.41 bits per heavy atom. The number of rotatable bonds is 11. The van der Waals surface area contributed by atoms with Crippen molar-refractivity contribution in [3.63, 3.8) is 0 Å². The Bertz CT molecular complexity index is 1950. The minimum atomic E-state index is -0.376. The van der Waals surface area contributed by atoms with Crippen molar-refractivity contribution in [2.24, 2.45) is 0 Å². The summed E-state index contributed by atoms with van der Waals surface area (Å²) in [6, 6.07) is 29.2. The van der Waals surface area contributed by atoms with E-state index in [1.165, 1.54) is 14.2 Å². The highest BCUT2D eigenvalue weighted by Crippen LogP contribution is 2.24. The number of carbonyl (C=O) groups is 4. The lowest BCUT2D eigenvalue weighted by Gasteiger charge is -2.37. The second kappa shape index (κ2) is 25.2. The Labute approximate surface area is 368 Å². The molecule has 328 valence electrons. The molecular weight excluding hydrogens is 844 g/mol. The second-order valence-corrected chi connectivity index (χ2v) is 14.6. The van der Waals surface area contributed by atoms with Gasteiger partial charge in [0.15, 0.2) is 0 Å². The van der Waals surface area contributed by atoms with Gasteiger partial charge in [0, 0.05) is 69.1 Å². The van der Waals surface area contributed by atoms with Crippen LogP contribution in [0.25, 0.3) is 0 Å². The summed E-state index contributed by atoms with van der Waals surface area (Å²) >= 11 is 3.32. The number of urea groups is 2. The number of likely N-dealkylation sites (N-methyl/N-ethyl adjacent to an activating group) is 2. The van der Waals surface area contributed by atoms with E-state index in [2.05, 4.69) is 49.6 Å². The normalized spacial score (nSPS) is 14.0. The van der Waals surface area contributed by atoms with Gasteiger partial charge >= 0.3 is 24.0 Å². The lowest BCUT2D eigenvalue weighted by molar-refractivity contribution is 0.0592. The third kappa shape index (κ3) is 14.8. The second-order valence-electron chi connectivity index (χ2n) is 14.1. The summed E-state index contributed by atoms with van der Waals surface area (Å²) in [5, 5.41) is 3.71. The molecule has 0 aromatic heterocycles. The Balaban J connectivity index is 0.000000224. The molecule has 2 aliphatic rings. The molecule has 0 spiro atoms. The summed E-state index contributed by atoms with van der Waals surface area (Å²) in [6.45, 7) is 13.4. The number of anilines is 2. The fraction of sp³-hybridized carbons (Fsp3) is 0.391. The molecule has 2 fully saturated rings. The lowest BCUT2D eigenvalue weighted by Crippen LogP contribution is -2.52. The summed E-state index contributed by atoms with van der Waals surface area (Å²) in [4.78, 5) is 58.4. The minimum absolute atomic E-state index is 0.0204. The van der Waals surface area contributed by atoms with Gasteiger partial charge in [0.1, 0.15) is 11.5 Å². The molecule has 4 amide bonds. The first-order valence-electron chi connectivity index (χ1n) is 20.3. The van der Waals surface area contributed by atoms with Gasteiger partial charge in [0.2, 0.25) is 0 Å². The van der Waals surface area contributed by atoms with Crippen molar-refractivity contribution in [2.75, 3.05) is 104 Å². The Hall–Kier alpha value is -5.64. The maximum atomic E-state index is 13.4. The quantitative estimate of drug-likeness (QED) is 0.119. The number of esters is 2. The average molecular weight is 904 g/mol. The molecule has 0 saturated carbocycles. The zero-order chi connectivity index (χ0) is 44.1. The van der Waals surface area contributed by atoms with Crippen LogP contribution < -0.4 is 19.7 Å². The number of halogens is 1. The van der Waals surface area contributed by atoms with E-state index in [4.69, 9.17) is 14.2 Å². The van der Waals surface area contributed by atoms with Crippen molar-refractivity contribution >= 4 is 51.3 Å². The molecule has 2 saturated heterocycles. The van der Waals surface area contributed by atoms with Crippen LogP contribution in [0.4, 0.5) is 21.0 Å². The van der Waals surface area contributed by atoms with Gasteiger partial charge in [0.05, 0.1) is 46.1 Å². The molecule has 0 unspecified atom stereocenters. The number of ether oxygens (including phenoxy) is 4. The number of methoxy groups -OCH3 is 4. The van der Waals surface area contributed by atoms with Gasteiger partial charge in [-0.15, -0.1) is 0 Å². The third-order valence-corrected chi connectivity index (χ3v) is 11.0. The Morgan fingerprint density at radius 1 is 0.574 bits per heavy atom. The van der Waals surface area contributed by atoms with E-state index < -0.39 is 0 Å². The number of carbonyl (C=O) groups excluding carboxylic acids is 4. The largest absolute Gasteiger partial charge is 0.497 e. The molecular formula is C46H59BrN6O8. The van der Waals surface area contributed by atoms with Gasteiger partial charge in [-0.05, 0) is 97.0 Å². The highest BCUT2D eigenvalue weighted by molar-refractivity contribution is 9.08. The highest BCUT2D eigenvalue weighted by Gasteiger charge is 2.26. The van der Waals surface area contributed by atoms with Crippen LogP contribution in [0.3, 0.4) is 0 Å². The van der Waals surface area contributed by atoms with Crippen LogP contribution in [0.2, 0.25) is 0 Å². The maximum absolute atomic E-state index is 13.4. The molecule has 0 radical (unpaired) electrons. The molecule has 14 nitrogen and oxygen atoms in total. The van der Waals surface area contributed by atoms with Gasteiger partial charge in [-0.25, -0.2) is 19.2 Å². The lowest BCUT2D eigenvalue weighted by atomic mass is 10.1. The van der Waals surface area contributed by atoms with E-state index in [0.29, 0.717) is 30.8 Å². The number of hydrogen-bond acceptors (Lipinski definition) is 10. The van der Waals surface area contributed by atoms with Gasteiger partial charge in [-0.3, -0.25) is 4.90 Å². The first-order valence-corrected chi connectivity index (χ1v) is 21.4. The molecule has 6 rings (SSSR count). The number of piperazine rings is 2. The molecule has 0 bridgehead atoms. The third-order valence-electron chi connectivity index (χ3n) is 10.4.